The van der Waals surface area contributed by atoms with Crippen molar-refractivity contribution in [3.05, 3.63) is 57.6 Å². The Morgan fingerprint density at radius 3 is 2.15 bits per heavy atom. The van der Waals surface area contributed by atoms with Crippen molar-refractivity contribution in [1.82, 2.24) is 0 Å². The second-order valence-electron chi connectivity index (χ2n) is 5.11. The molecule has 0 bridgehead atoms. The van der Waals surface area contributed by atoms with Gasteiger partial charge in [-0.1, -0.05) is 35.0 Å². The average Bonchev–Trinajstić information content (AvgIpc) is 2.39. The second kappa shape index (κ2) is 6.31. The van der Waals surface area contributed by atoms with Gasteiger partial charge >= 0.3 is 0 Å². The van der Waals surface area contributed by atoms with Crippen molar-refractivity contribution in [2.24, 2.45) is 0 Å². The summed E-state index contributed by atoms with van der Waals surface area (Å²) >= 11 is 3.53. The molecule has 2 nitrogen and oxygen atoms in total. The first-order chi connectivity index (χ1) is 9.51. The van der Waals surface area contributed by atoms with E-state index in [1.165, 1.54) is 22.4 Å². The molecular weight excluding hydrogens is 314 g/mol. The molecule has 0 fully saturated rings. The smallest absolute Gasteiger partial charge is 0.115 e. The minimum absolute atomic E-state index is 0.245. The van der Waals surface area contributed by atoms with Gasteiger partial charge in [0.2, 0.25) is 0 Å². The quantitative estimate of drug-likeness (QED) is 0.791. The van der Waals surface area contributed by atoms with Gasteiger partial charge in [-0.15, -0.1) is 0 Å². The highest BCUT2D eigenvalue weighted by molar-refractivity contribution is 9.10. The van der Waals surface area contributed by atoms with Crippen LogP contribution in [-0.2, 0) is 0 Å². The molecule has 2 aromatic carbocycles. The Morgan fingerprint density at radius 1 is 1.10 bits per heavy atom. The van der Waals surface area contributed by atoms with Gasteiger partial charge < -0.3 is 10.4 Å². The number of phenolic OH excluding ortho intramolecular Hbond substituents is 1. The van der Waals surface area contributed by atoms with Gasteiger partial charge in [-0.3, -0.25) is 0 Å². The zero-order chi connectivity index (χ0) is 14.7. The van der Waals surface area contributed by atoms with Crippen molar-refractivity contribution in [2.75, 3.05) is 5.32 Å². The summed E-state index contributed by atoms with van der Waals surface area (Å²) in [6, 6.07) is 11.9. The zero-order valence-electron chi connectivity index (χ0n) is 12.1. The third-order valence-corrected chi connectivity index (χ3v) is 3.98. The summed E-state index contributed by atoms with van der Waals surface area (Å²) in [5, 5.41) is 13.0. The summed E-state index contributed by atoms with van der Waals surface area (Å²) in [5.74, 6) is 0.305. The standard InChI is InChI=1S/C17H20BrNO/c1-4-16(13-5-7-15(20)8-6-13)19-17-11(2)9-14(18)10-12(17)3/h5-10,16,19-20H,4H2,1-3H3. The first kappa shape index (κ1) is 14.9. The van der Waals surface area contributed by atoms with Crippen LogP contribution in [0.5, 0.6) is 5.75 Å². The van der Waals surface area contributed by atoms with Gasteiger partial charge in [-0.2, -0.15) is 0 Å². The fourth-order valence-electron chi connectivity index (χ4n) is 2.44. The van der Waals surface area contributed by atoms with Crippen molar-refractivity contribution in [3.63, 3.8) is 0 Å². The lowest BCUT2D eigenvalue weighted by atomic mass is 10.0. The fourth-order valence-corrected chi connectivity index (χ4v) is 3.13. The molecule has 0 aliphatic carbocycles. The first-order valence-electron chi connectivity index (χ1n) is 6.83. The van der Waals surface area contributed by atoms with E-state index in [1.807, 2.05) is 12.1 Å². The largest absolute Gasteiger partial charge is 0.508 e. The van der Waals surface area contributed by atoms with Crippen LogP contribution in [0.25, 0.3) is 0 Å². The molecule has 2 aromatic rings. The molecule has 0 aliphatic rings. The Labute approximate surface area is 129 Å². The SMILES string of the molecule is CCC(Nc1c(C)cc(Br)cc1C)c1ccc(O)cc1. The molecule has 0 aliphatic heterocycles. The molecule has 0 aromatic heterocycles. The number of rotatable bonds is 4. The highest BCUT2D eigenvalue weighted by Gasteiger charge is 2.12. The first-order valence-corrected chi connectivity index (χ1v) is 7.62. The summed E-state index contributed by atoms with van der Waals surface area (Å²) in [7, 11) is 0. The van der Waals surface area contributed by atoms with Gasteiger partial charge in [0, 0.05) is 10.2 Å². The molecule has 1 unspecified atom stereocenters. The van der Waals surface area contributed by atoms with E-state index in [2.05, 4.69) is 54.2 Å². The van der Waals surface area contributed by atoms with E-state index in [4.69, 9.17) is 0 Å². The van der Waals surface area contributed by atoms with Crippen LogP contribution in [0.1, 0.15) is 36.1 Å². The predicted molar refractivity (Wildman–Crippen MR) is 88.4 cm³/mol. The number of hydrogen-bond acceptors (Lipinski definition) is 2. The Bertz CT molecular complexity index is 569. The molecule has 2 N–H and O–H groups in total. The predicted octanol–water partition coefficient (Wildman–Crippen LogP) is 5.33. The summed E-state index contributed by atoms with van der Waals surface area (Å²) in [6.45, 7) is 6.39. The maximum Gasteiger partial charge on any atom is 0.115 e. The lowest BCUT2D eigenvalue weighted by Gasteiger charge is -2.22. The van der Waals surface area contributed by atoms with E-state index in [0.717, 1.165) is 10.9 Å². The fraction of sp³-hybridized carbons (Fsp3) is 0.294. The normalized spacial score (nSPS) is 12.2. The van der Waals surface area contributed by atoms with Gasteiger partial charge in [0.05, 0.1) is 6.04 Å². The second-order valence-corrected chi connectivity index (χ2v) is 6.03. The van der Waals surface area contributed by atoms with Crippen LogP contribution in [0.15, 0.2) is 40.9 Å². The lowest BCUT2D eigenvalue weighted by molar-refractivity contribution is 0.475. The Hall–Kier alpha value is -1.48. The maximum absolute atomic E-state index is 9.39. The van der Waals surface area contributed by atoms with E-state index in [9.17, 15) is 5.11 Å². The number of phenols is 1. The Morgan fingerprint density at radius 2 is 1.65 bits per heavy atom. The molecule has 20 heavy (non-hydrogen) atoms. The van der Waals surface area contributed by atoms with Crippen LogP contribution in [0.4, 0.5) is 5.69 Å². The van der Waals surface area contributed by atoms with E-state index in [0.29, 0.717) is 5.75 Å². The minimum Gasteiger partial charge on any atom is -0.508 e. The van der Waals surface area contributed by atoms with E-state index >= 15 is 0 Å². The Kier molecular flexibility index (Phi) is 4.71. The van der Waals surface area contributed by atoms with Crippen LogP contribution in [0, 0.1) is 13.8 Å². The third kappa shape index (κ3) is 3.34. The van der Waals surface area contributed by atoms with E-state index in [-0.39, 0.29) is 6.04 Å². The van der Waals surface area contributed by atoms with Crippen LogP contribution in [-0.4, -0.2) is 5.11 Å². The van der Waals surface area contributed by atoms with Crippen molar-refractivity contribution < 1.29 is 5.11 Å². The summed E-state index contributed by atoms with van der Waals surface area (Å²) in [4.78, 5) is 0. The molecule has 0 spiro atoms. The van der Waals surface area contributed by atoms with Crippen molar-refractivity contribution in [3.8, 4) is 5.75 Å². The van der Waals surface area contributed by atoms with Crippen molar-refractivity contribution >= 4 is 21.6 Å². The number of anilines is 1. The average molecular weight is 334 g/mol. The lowest BCUT2D eigenvalue weighted by Crippen LogP contribution is -2.11. The molecule has 3 heteroatoms. The highest BCUT2D eigenvalue weighted by Crippen LogP contribution is 2.30. The summed E-state index contributed by atoms with van der Waals surface area (Å²) in [5.41, 5.74) is 4.84. The van der Waals surface area contributed by atoms with Crippen molar-refractivity contribution in [2.45, 2.75) is 33.2 Å². The van der Waals surface area contributed by atoms with Crippen LogP contribution >= 0.6 is 15.9 Å². The molecule has 0 saturated carbocycles. The van der Waals surface area contributed by atoms with Gasteiger partial charge in [0.1, 0.15) is 5.75 Å². The number of nitrogens with one attached hydrogen (secondary N) is 1. The summed E-state index contributed by atoms with van der Waals surface area (Å²) in [6.07, 6.45) is 0.986. The third-order valence-electron chi connectivity index (χ3n) is 3.52. The molecule has 0 radical (unpaired) electrons. The highest BCUT2D eigenvalue weighted by atomic mass is 79.9. The van der Waals surface area contributed by atoms with Crippen LogP contribution < -0.4 is 5.32 Å². The number of hydrogen-bond donors (Lipinski definition) is 2. The van der Waals surface area contributed by atoms with E-state index < -0.39 is 0 Å². The van der Waals surface area contributed by atoms with Gasteiger partial charge in [-0.05, 0) is 61.2 Å². The van der Waals surface area contributed by atoms with Gasteiger partial charge in [0.25, 0.3) is 0 Å². The maximum atomic E-state index is 9.39. The van der Waals surface area contributed by atoms with Crippen LogP contribution in [0.3, 0.4) is 0 Å². The summed E-state index contributed by atoms with van der Waals surface area (Å²) < 4.78 is 1.11. The van der Waals surface area contributed by atoms with Crippen molar-refractivity contribution in [1.29, 1.82) is 0 Å². The molecule has 1 atom stereocenters. The number of halogens is 1. The van der Waals surface area contributed by atoms with Gasteiger partial charge in [0.15, 0.2) is 0 Å². The van der Waals surface area contributed by atoms with E-state index in [1.54, 1.807) is 12.1 Å². The topological polar surface area (TPSA) is 32.3 Å². The zero-order valence-corrected chi connectivity index (χ0v) is 13.7. The minimum atomic E-state index is 0.245. The molecule has 106 valence electrons. The number of aromatic hydroxyl groups is 1. The van der Waals surface area contributed by atoms with Gasteiger partial charge in [-0.25, -0.2) is 0 Å². The molecule has 0 amide bonds. The number of aryl methyl sites for hydroxylation is 2. The molecule has 0 saturated heterocycles. The number of benzene rings is 2. The molecule has 2 rings (SSSR count). The Balaban J connectivity index is 2.29. The molecular formula is C17H20BrNO. The van der Waals surface area contributed by atoms with Crippen LogP contribution in [0.2, 0.25) is 0 Å². The monoisotopic (exact) mass is 333 g/mol. The molecule has 0 heterocycles.